The first-order chi connectivity index (χ1) is 7.84. The molecule has 0 heterocycles. The van der Waals surface area contributed by atoms with Crippen molar-refractivity contribution >= 4 is 11.9 Å². The number of primary amides is 1. The third-order valence-corrected chi connectivity index (χ3v) is 2.45. The molecule has 0 spiro atoms. The lowest BCUT2D eigenvalue weighted by atomic mass is 9.77. The molecule has 0 saturated heterocycles. The summed E-state index contributed by atoms with van der Waals surface area (Å²) >= 11 is 0. The molecule has 0 rings (SSSR count). The number of rotatable bonds is 6. The lowest BCUT2D eigenvalue weighted by Gasteiger charge is -2.23. The van der Waals surface area contributed by atoms with Gasteiger partial charge in [0.25, 0.3) is 0 Å². The van der Waals surface area contributed by atoms with E-state index in [0.29, 0.717) is 0 Å². The number of nitrogens with two attached hydrogens (primary N) is 1. The van der Waals surface area contributed by atoms with E-state index >= 15 is 0 Å². The molecule has 0 aromatic rings. The first-order valence-corrected chi connectivity index (χ1v) is 5.16. The highest BCUT2D eigenvalue weighted by Crippen LogP contribution is 2.28. The molecule has 6 nitrogen and oxygen atoms in total. The number of nitriles is 2. The van der Waals surface area contributed by atoms with Crippen molar-refractivity contribution < 1.29 is 14.7 Å². The van der Waals surface area contributed by atoms with Crippen molar-refractivity contribution in [1.82, 2.24) is 0 Å². The van der Waals surface area contributed by atoms with E-state index in [1.54, 1.807) is 12.1 Å². The van der Waals surface area contributed by atoms with E-state index in [4.69, 9.17) is 21.4 Å². The number of carboxylic acid groups (broad SMARTS) is 1. The minimum absolute atomic E-state index is 0.0606. The standard InChI is InChI=1S/C11H15N3O3/c1-6(2)3-7(8(4-12)10(14)15)9(5-13)11(16)17/h6-9H,3H2,1-2H3,(H2,14,15)(H,16,17). The van der Waals surface area contributed by atoms with E-state index < -0.39 is 29.6 Å². The number of carbonyl (C=O) groups excluding carboxylic acids is 1. The highest BCUT2D eigenvalue weighted by atomic mass is 16.4. The maximum atomic E-state index is 11.1. The summed E-state index contributed by atoms with van der Waals surface area (Å²) in [6, 6.07) is 3.31. The monoisotopic (exact) mass is 237 g/mol. The fourth-order valence-corrected chi connectivity index (χ4v) is 1.71. The number of hydrogen-bond donors (Lipinski definition) is 2. The first kappa shape index (κ1) is 14.9. The number of carboxylic acids is 1. The predicted molar refractivity (Wildman–Crippen MR) is 58.0 cm³/mol. The van der Waals surface area contributed by atoms with Crippen molar-refractivity contribution in [2.75, 3.05) is 0 Å². The normalized spacial score (nSPS) is 15.4. The third kappa shape index (κ3) is 4.12. The average molecular weight is 237 g/mol. The number of carbonyl (C=O) groups is 2. The summed E-state index contributed by atoms with van der Waals surface area (Å²) in [6.07, 6.45) is 0.283. The van der Waals surface area contributed by atoms with Crippen molar-refractivity contribution in [3.8, 4) is 12.1 Å². The van der Waals surface area contributed by atoms with Crippen LogP contribution in [0.5, 0.6) is 0 Å². The second-order valence-corrected chi connectivity index (χ2v) is 4.25. The third-order valence-electron chi connectivity index (χ3n) is 2.45. The summed E-state index contributed by atoms with van der Waals surface area (Å²) in [4.78, 5) is 22.0. The van der Waals surface area contributed by atoms with E-state index in [-0.39, 0.29) is 12.3 Å². The highest BCUT2D eigenvalue weighted by Gasteiger charge is 2.37. The van der Waals surface area contributed by atoms with E-state index in [1.807, 2.05) is 13.8 Å². The summed E-state index contributed by atoms with van der Waals surface area (Å²) in [7, 11) is 0. The molecule has 0 aromatic heterocycles. The van der Waals surface area contributed by atoms with Gasteiger partial charge in [0.05, 0.1) is 12.1 Å². The molecule has 3 atom stereocenters. The maximum Gasteiger partial charge on any atom is 0.321 e. The Balaban J connectivity index is 5.26. The van der Waals surface area contributed by atoms with Crippen LogP contribution in [0.15, 0.2) is 0 Å². The zero-order chi connectivity index (χ0) is 13.6. The molecule has 0 saturated carbocycles. The van der Waals surface area contributed by atoms with E-state index in [1.165, 1.54) is 0 Å². The van der Waals surface area contributed by atoms with Gasteiger partial charge in [0.15, 0.2) is 0 Å². The quantitative estimate of drug-likeness (QED) is 0.695. The smallest absolute Gasteiger partial charge is 0.321 e. The Bertz CT molecular complexity index is 346. The summed E-state index contributed by atoms with van der Waals surface area (Å²) < 4.78 is 0. The van der Waals surface area contributed by atoms with E-state index in [0.717, 1.165) is 0 Å². The summed E-state index contributed by atoms with van der Waals surface area (Å²) in [5.74, 6) is -5.68. The lowest BCUT2D eigenvalue weighted by molar-refractivity contribution is -0.142. The summed E-state index contributed by atoms with van der Waals surface area (Å²) in [5.41, 5.74) is 5.05. The molecule has 0 radical (unpaired) electrons. The Morgan fingerprint density at radius 3 is 1.94 bits per heavy atom. The van der Waals surface area contributed by atoms with Gasteiger partial charge in [0.1, 0.15) is 11.8 Å². The Kier molecular flexibility index (Phi) is 5.70. The fraction of sp³-hybridized carbons (Fsp3) is 0.636. The van der Waals surface area contributed by atoms with Crippen LogP contribution in [0.1, 0.15) is 20.3 Å². The van der Waals surface area contributed by atoms with Crippen molar-refractivity contribution in [1.29, 1.82) is 10.5 Å². The Hall–Kier alpha value is -2.08. The van der Waals surface area contributed by atoms with Gasteiger partial charge in [0, 0.05) is 5.92 Å². The van der Waals surface area contributed by atoms with Crippen LogP contribution in [0.4, 0.5) is 0 Å². The van der Waals surface area contributed by atoms with Gasteiger partial charge in [0.2, 0.25) is 5.91 Å². The van der Waals surface area contributed by atoms with E-state index in [2.05, 4.69) is 0 Å². The lowest BCUT2D eigenvalue weighted by Crippen LogP contribution is -2.36. The number of nitrogens with zero attached hydrogens (tertiary/aromatic N) is 2. The van der Waals surface area contributed by atoms with Gasteiger partial charge in [-0.05, 0) is 12.3 Å². The molecule has 0 aliphatic carbocycles. The topological polar surface area (TPSA) is 128 Å². The number of amides is 1. The Morgan fingerprint density at radius 2 is 1.71 bits per heavy atom. The molecule has 92 valence electrons. The van der Waals surface area contributed by atoms with Crippen molar-refractivity contribution in [3.63, 3.8) is 0 Å². The number of aliphatic carboxylic acids is 1. The number of hydrogen-bond acceptors (Lipinski definition) is 4. The molecule has 6 heteroatoms. The SMILES string of the molecule is CC(C)CC(C(C#N)C(N)=O)C(C#N)C(=O)O. The Labute approximate surface area is 99.6 Å². The van der Waals surface area contributed by atoms with Crippen LogP contribution in [-0.4, -0.2) is 17.0 Å². The van der Waals surface area contributed by atoms with Gasteiger partial charge in [-0.25, -0.2) is 0 Å². The van der Waals surface area contributed by atoms with Crippen LogP contribution in [-0.2, 0) is 9.59 Å². The molecule has 0 aromatic carbocycles. The Morgan fingerprint density at radius 1 is 1.24 bits per heavy atom. The first-order valence-electron chi connectivity index (χ1n) is 5.16. The second kappa shape index (κ2) is 6.49. The van der Waals surface area contributed by atoms with Crippen LogP contribution in [0, 0.1) is 46.3 Å². The molecule has 0 fully saturated rings. The van der Waals surface area contributed by atoms with Crippen LogP contribution >= 0.6 is 0 Å². The molecule has 3 N–H and O–H groups in total. The van der Waals surface area contributed by atoms with Crippen molar-refractivity contribution in [2.24, 2.45) is 29.4 Å². The van der Waals surface area contributed by atoms with Crippen molar-refractivity contribution in [2.45, 2.75) is 20.3 Å². The van der Waals surface area contributed by atoms with Crippen LogP contribution < -0.4 is 5.73 Å². The van der Waals surface area contributed by atoms with Crippen molar-refractivity contribution in [3.05, 3.63) is 0 Å². The predicted octanol–water partition coefficient (Wildman–Crippen LogP) is 0.498. The maximum absolute atomic E-state index is 11.1. The largest absolute Gasteiger partial charge is 0.480 e. The van der Waals surface area contributed by atoms with Gasteiger partial charge in [-0.2, -0.15) is 10.5 Å². The fourth-order valence-electron chi connectivity index (χ4n) is 1.71. The average Bonchev–Trinajstić information content (AvgIpc) is 2.17. The highest BCUT2D eigenvalue weighted by molar-refractivity contribution is 5.81. The summed E-state index contributed by atoms with van der Waals surface area (Å²) in [5, 5.41) is 26.6. The summed E-state index contributed by atoms with van der Waals surface area (Å²) in [6.45, 7) is 3.64. The van der Waals surface area contributed by atoms with Gasteiger partial charge in [-0.15, -0.1) is 0 Å². The molecular weight excluding hydrogens is 222 g/mol. The molecule has 0 aliphatic rings. The van der Waals surface area contributed by atoms with Gasteiger partial charge < -0.3 is 10.8 Å². The zero-order valence-electron chi connectivity index (χ0n) is 9.75. The van der Waals surface area contributed by atoms with Crippen LogP contribution in [0.3, 0.4) is 0 Å². The molecule has 1 amide bonds. The molecule has 0 aliphatic heterocycles. The van der Waals surface area contributed by atoms with Gasteiger partial charge in [-0.3, -0.25) is 9.59 Å². The molecule has 3 unspecified atom stereocenters. The van der Waals surface area contributed by atoms with Crippen LogP contribution in [0.25, 0.3) is 0 Å². The van der Waals surface area contributed by atoms with Gasteiger partial charge in [-0.1, -0.05) is 13.8 Å². The minimum Gasteiger partial charge on any atom is -0.480 e. The van der Waals surface area contributed by atoms with Gasteiger partial charge >= 0.3 is 5.97 Å². The molecule has 0 bridgehead atoms. The minimum atomic E-state index is -1.39. The van der Waals surface area contributed by atoms with E-state index in [9.17, 15) is 9.59 Å². The second-order valence-electron chi connectivity index (χ2n) is 4.25. The van der Waals surface area contributed by atoms with Crippen LogP contribution in [0.2, 0.25) is 0 Å². The molecular formula is C11H15N3O3. The zero-order valence-corrected chi connectivity index (χ0v) is 9.75. The molecule has 17 heavy (non-hydrogen) atoms.